The molecule has 0 N–H and O–H groups in total. The van der Waals surface area contributed by atoms with Crippen molar-refractivity contribution in [3.8, 4) is 55.6 Å². The molecule has 11 aromatic carbocycles. The zero-order valence-corrected chi connectivity index (χ0v) is 40.3. The predicted octanol–water partition coefficient (Wildman–Crippen LogP) is 17.8. The fourth-order valence-corrected chi connectivity index (χ4v) is 13.9. The van der Waals surface area contributed by atoms with Gasteiger partial charge in [0.05, 0.1) is 10.8 Å². The van der Waals surface area contributed by atoms with Crippen LogP contribution in [0.4, 0.5) is 17.1 Å². The van der Waals surface area contributed by atoms with Gasteiger partial charge in [0.2, 0.25) is 0 Å². The van der Waals surface area contributed by atoms with E-state index >= 15 is 0 Å². The third kappa shape index (κ3) is 5.38. The minimum atomic E-state index is -0.538. The minimum absolute atomic E-state index is 0.170. The number of hydrogen-bond donors (Lipinski definition) is 0. The van der Waals surface area contributed by atoms with Crippen LogP contribution in [0.2, 0.25) is 0 Å². The normalized spacial score (nSPS) is 16.2. The lowest BCUT2D eigenvalue weighted by Crippen LogP contribution is -2.28. The van der Waals surface area contributed by atoms with Gasteiger partial charge in [-0.2, -0.15) is 0 Å². The van der Waals surface area contributed by atoms with E-state index in [4.69, 9.17) is 0 Å². The van der Waals surface area contributed by atoms with Crippen LogP contribution in [0.15, 0.2) is 261 Å². The second-order valence-corrected chi connectivity index (χ2v) is 20.7. The highest BCUT2D eigenvalue weighted by Gasteiger charge is 2.52. The maximum absolute atomic E-state index is 2.54. The molecule has 4 aliphatic carbocycles. The van der Waals surface area contributed by atoms with Crippen LogP contribution >= 0.6 is 0 Å². The molecule has 15 rings (SSSR count). The second kappa shape index (κ2) is 15.1. The first-order valence-electron chi connectivity index (χ1n) is 25.4. The highest BCUT2D eigenvalue weighted by Crippen LogP contribution is 2.64. The van der Waals surface area contributed by atoms with Gasteiger partial charge in [0.25, 0.3) is 0 Å². The summed E-state index contributed by atoms with van der Waals surface area (Å²) in [4.78, 5) is 2.54. The summed E-state index contributed by atoms with van der Waals surface area (Å²) in [5.74, 6) is 0. The van der Waals surface area contributed by atoms with Gasteiger partial charge in [-0.15, -0.1) is 0 Å². The van der Waals surface area contributed by atoms with E-state index in [1.165, 1.54) is 111 Å². The molecule has 0 aliphatic heterocycles. The van der Waals surface area contributed by atoms with E-state index in [1.807, 2.05) is 0 Å². The van der Waals surface area contributed by atoms with E-state index in [0.717, 1.165) is 17.1 Å². The van der Waals surface area contributed by atoms with Crippen molar-refractivity contribution in [3.63, 3.8) is 0 Å². The molecule has 4 aliphatic rings. The quantitative estimate of drug-likeness (QED) is 0.161. The highest BCUT2D eigenvalue weighted by molar-refractivity contribution is 5.97. The molecule has 72 heavy (non-hydrogen) atoms. The summed E-state index contributed by atoms with van der Waals surface area (Å²) >= 11 is 0. The maximum Gasteiger partial charge on any atom is 0.0726 e. The zero-order chi connectivity index (χ0) is 47.8. The molecule has 0 radical (unpaired) electrons. The molecule has 1 heteroatoms. The van der Waals surface area contributed by atoms with Crippen molar-refractivity contribution >= 4 is 17.1 Å². The summed E-state index contributed by atoms with van der Waals surface area (Å²) in [6.07, 6.45) is 0. The lowest BCUT2D eigenvalue weighted by Gasteiger charge is -2.34. The van der Waals surface area contributed by atoms with Crippen LogP contribution in [-0.2, 0) is 16.2 Å². The molecule has 0 aromatic heterocycles. The van der Waals surface area contributed by atoms with Gasteiger partial charge in [-0.3, -0.25) is 0 Å². The average Bonchev–Trinajstić information content (AvgIpc) is 4.11. The molecule has 0 amide bonds. The average molecular weight is 916 g/mol. The van der Waals surface area contributed by atoms with Gasteiger partial charge >= 0.3 is 0 Å². The van der Waals surface area contributed by atoms with Crippen LogP contribution < -0.4 is 4.90 Å². The Balaban J connectivity index is 0.977. The molecule has 0 saturated heterocycles. The van der Waals surface area contributed by atoms with Crippen molar-refractivity contribution in [2.75, 3.05) is 4.90 Å². The smallest absolute Gasteiger partial charge is 0.0726 e. The molecule has 0 bridgehead atoms. The molecule has 1 nitrogen and oxygen atoms in total. The SMILES string of the molecule is CC1(C)c2ccccc2-c2ccc(N(c3ccc4c(c3)-c3ccccc3C4(c3ccccc3)c3ccc(-c4ccccc4)cc3)c3ccc4c(c3)C3(c5ccccc5-c5ccccc53)c3ccccc3-4)cc21. The van der Waals surface area contributed by atoms with E-state index in [1.54, 1.807) is 0 Å². The van der Waals surface area contributed by atoms with E-state index in [2.05, 4.69) is 280 Å². The Hall–Kier alpha value is -8.78. The summed E-state index contributed by atoms with van der Waals surface area (Å²) < 4.78 is 0. The van der Waals surface area contributed by atoms with Gasteiger partial charge in [-0.25, -0.2) is 0 Å². The number of hydrogen-bond acceptors (Lipinski definition) is 1. The minimum Gasteiger partial charge on any atom is -0.310 e. The molecule has 1 spiro atoms. The van der Waals surface area contributed by atoms with Gasteiger partial charge in [-0.05, 0) is 148 Å². The van der Waals surface area contributed by atoms with Crippen LogP contribution in [0.1, 0.15) is 69.5 Å². The van der Waals surface area contributed by atoms with Crippen LogP contribution in [0.3, 0.4) is 0 Å². The van der Waals surface area contributed by atoms with Crippen molar-refractivity contribution in [1.82, 2.24) is 0 Å². The molecule has 1 atom stereocenters. The third-order valence-electron chi connectivity index (χ3n) is 17.0. The van der Waals surface area contributed by atoms with E-state index < -0.39 is 10.8 Å². The first-order chi connectivity index (χ1) is 35.5. The topological polar surface area (TPSA) is 3.24 Å². The lowest BCUT2D eigenvalue weighted by atomic mass is 9.67. The number of nitrogens with zero attached hydrogens (tertiary/aromatic N) is 1. The fraction of sp³-hybridized carbons (Fsp3) is 0.0704. The van der Waals surface area contributed by atoms with E-state index in [-0.39, 0.29) is 5.41 Å². The Bertz CT molecular complexity index is 3950. The summed E-state index contributed by atoms with van der Waals surface area (Å²) in [7, 11) is 0. The zero-order valence-electron chi connectivity index (χ0n) is 40.3. The Morgan fingerprint density at radius 1 is 0.236 bits per heavy atom. The van der Waals surface area contributed by atoms with Gasteiger partial charge in [0, 0.05) is 22.5 Å². The number of benzene rings is 11. The number of rotatable bonds is 6. The molecule has 0 saturated carbocycles. The monoisotopic (exact) mass is 915 g/mol. The second-order valence-electron chi connectivity index (χ2n) is 20.7. The van der Waals surface area contributed by atoms with E-state index in [0.29, 0.717) is 0 Å². The van der Waals surface area contributed by atoms with Gasteiger partial charge in [0.15, 0.2) is 0 Å². The first kappa shape index (κ1) is 41.0. The fourth-order valence-electron chi connectivity index (χ4n) is 13.9. The van der Waals surface area contributed by atoms with Gasteiger partial charge in [0.1, 0.15) is 0 Å². The Morgan fingerprint density at radius 3 is 1.17 bits per heavy atom. The third-order valence-corrected chi connectivity index (χ3v) is 17.0. The molecule has 0 heterocycles. The summed E-state index contributed by atoms with van der Waals surface area (Å²) in [5.41, 5.74) is 28.2. The Morgan fingerprint density at radius 2 is 0.597 bits per heavy atom. The standard InChI is InChI=1S/C71H49N/c1-69(2)61-28-14-9-23-53(61)58-40-37-51(44-67(58)69)72(52-38-41-59-56-26-12-18-32-65(56)71(68(59)45-52)63-30-16-10-24-54(63)55-25-11-17-31-64(55)71)50-39-42-66-60(43-50)57-27-13-15-29-62(57)70(66,48-21-7-4-8-22-48)49-35-33-47(34-36-49)46-19-5-3-6-20-46/h3-45H,1-2H3. The van der Waals surface area contributed by atoms with Crippen molar-refractivity contribution in [2.24, 2.45) is 0 Å². The largest absolute Gasteiger partial charge is 0.310 e. The number of fused-ring (bicyclic) bond motifs is 16. The van der Waals surface area contributed by atoms with Crippen LogP contribution in [0.25, 0.3) is 55.6 Å². The van der Waals surface area contributed by atoms with E-state index in [9.17, 15) is 0 Å². The van der Waals surface area contributed by atoms with Crippen LogP contribution in [0, 0.1) is 0 Å². The molecular formula is C71H49N. The summed E-state index contributed by atoms with van der Waals surface area (Å²) in [6, 6.07) is 98.5. The molecule has 11 aromatic rings. The Kier molecular flexibility index (Phi) is 8.62. The maximum atomic E-state index is 2.54. The van der Waals surface area contributed by atoms with Gasteiger partial charge in [-0.1, -0.05) is 238 Å². The van der Waals surface area contributed by atoms with Crippen molar-refractivity contribution in [1.29, 1.82) is 0 Å². The van der Waals surface area contributed by atoms with Crippen molar-refractivity contribution < 1.29 is 0 Å². The first-order valence-corrected chi connectivity index (χ1v) is 25.4. The van der Waals surface area contributed by atoms with Gasteiger partial charge < -0.3 is 4.90 Å². The lowest BCUT2D eigenvalue weighted by molar-refractivity contribution is 0.660. The molecule has 338 valence electrons. The highest BCUT2D eigenvalue weighted by atomic mass is 15.1. The molecule has 0 fully saturated rings. The van der Waals surface area contributed by atoms with Crippen molar-refractivity contribution in [3.05, 3.63) is 316 Å². The summed E-state index contributed by atoms with van der Waals surface area (Å²) in [6.45, 7) is 4.78. The molecule has 1 unspecified atom stereocenters. The summed E-state index contributed by atoms with van der Waals surface area (Å²) in [5, 5.41) is 0. The van der Waals surface area contributed by atoms with Crippen LogP contribution in [-0.4, -0.2) is 0 Å². The predicted molar refractivity (Wildman–Crippen MR) is 298 cm³/mol. The number of anilines is 3. The molecular weight excluding hydrogens is 867 g/mol. The van der Waals surface area contributed by atoms with Crippen LogP contribution in [0.5, 0.6) is 0 Å². The Labute approximate surface area is 422 Å². The van der Waals surface area contributed by atoms with Crippen molar-refractivity contribution in [2.45, 2.75) is 30.1 Å².